The van der Waals surface area contributed by atoms with E-state index in [1.807, 2.05) is 0 Å². The average Bonchev–Trinajstić information content (AvgIpc) is 2.14. The zero-order chi connectivity index (χ0) is 11.6. The molecule has 0 saturated heterocycles. The summed E-state index contributed by atoms with van der Waals surface area (Å²) in [5, 5.41) is 5.73. The topological polar surface area (TPSA) is 58.2 Å². The quantitative estimate of drug-likeness (QED) is 0.732. The van der Waals surface area contributed by atoms with E-state index in [2.05, 4.69) is 31.4 Å². The molecule has 0 amide bonds. The Bertz CT molecular complexity index is 409. The first kappa shape index (κ1) is 11.8. The molecule has 2 N–H and O–H groups in total. The Hall–Kier alpha value is -1.32. The monoisotopic (exact) mass is 210 g/mol. The molecule has 4 nitrogen and oxygen atoms in total. The summed E-state index contributed by atoms with van der Waals surface area (Å²) in [5.41, 5.74) is 0.245. The summed E-state index contributed by atoms with van der Waals surface area (Å²) in [6.07, 6.45) is 0.953. The predicted molar refractivity (Wildman–Crippen MR) is 63.5 cm³/mol. The highest BCUT2D eigenvalue weighted by Gasteiger charge is 2.19. The molecule has 0 radical (unpaired) electrons. The minimum absolute atomic E-state index is 0.226. The third kappa shape index (κ3) is 2.58. The van der Waals surface area contributed by atoms with Gasteiger partial charge in [-0.3, -0.25) is 9.59 Å². The summed E-state index contributed by atoms with van der Waals surface area (Å²) >= 11 is 0. The molecule has 0 spiro atoms. The Balaban J connectivity index is 2.56. The van der Waals surface area contributed by atoms with Crippen LogP contribution in [-0.4, -0.2) is 13.6 Å². The van der Waals surface area contributed by atoms with Gasteiger partial charge in [0, 0.05) is 13.6 Å². The number of nitrogens with one attached hydrogen (secondary N) is 2. The minimum atomic E-state index is -0.421. The van der Waals surface area contributed by atoms with Crippen LogP contribution in [0.2, 0.25) is 0 Å². The van der Waals surface area contributed by atoms with Crippen LogP contribution in [0.4, 0.5) is 11.4 Å². The van der Waals surface area contributed by atoms with Crippen molar-refractivity contribution in [1.29, 1.82) is 0 Å². The van der Waals surface area contributed by atoms with Crippen molar-refractivity contribution in [2.75, 3.05) is 24.2 Å². The van der Waals surface area contributed by atoms with Crippen molar-refractivity contribution in [2.24, 2.45) is 5.41 Å². The van der Waals surface area contributed by atoms with Crippen LogP contribution in [-0.2, 0) is 0 Å². The third-order valence-corrected chi connectivity index (χ3v) is 2.34. The molecule has 0 heterocycles. The second kappa shape index (κ2) is 4.04. The normalized spacial score (nSPS) is 11.7. The van der Waals surface area contributed by atoms with Crippen LogP contribution in [0.3, 0.4) is 0 Å². The van der Waals surface area contributed by atoms with E-state index in [4.69, 9.17) is 0 Å². The van der Waals surface area contributed by atoms with Gasteiger partial charge < -0.3 is 10.6 Å². The van der Waals surface area contributed by atoms with Gasteiger partial charge >= 0.3 is 0 Å². The highest BCUT2D eigenvalue weighted by molar-refractivity contribution is 5.73. The van der Waals surface area contributed by atoms with Crippen LogP contribution in [0.15, 0.2) is 9.59 Å². The van der Waals surface area contributed by atoms with Gasteiger partial charge in [0.1, 0.15) is 11.4 Å². The average molecular weight is 210 g/mol. The molecule has 0 aliphatic carbocycles. The van der Waals surface area contributed by atoms with Crippen molar-refractivity contribution < 1.29 is 0 Å². The van der Waals surface area contributed by atoms with E-state index in [1.165, 1.54) is 0 Å². The first-order valence-electron chi connectivity index (χ1n) is 5.12. The lowest BCUT2D eigenvalue weighted by atomic mass is 9.92. The summed E-state index contributed by atoms with van der Waals surface area (Å²) in [6, 6.07) is 0. The van der Waals surface area contributed by atoms with Gasteiger partial charge in [-0.05, 0) is 11.8 Å². The molecule has 0 fully saturated rings. The van der Waals surface area contributed by atoms with Gasteiger partial charge in [-0.25, -0.2) is 0 Å². The molecule has 0 atom stereocenters. The summed E-state index contributed by atoms with van der Waals surface area (Å²) in [4.78, 5) is 22.2. The lowest BCUT2D eigenvalue weighted by Crippen LogP contribution is -2.37. The molecule has 84 valence electrons. The van der Waals surface area contributed by atoms with Gasteiger partial charge in [0.15, 0.2) is 0 Å². The molecule has 1 aromatic carbocycles. The molecule has 0 aliphatic heterocycles. The molecule has 1 rings (SSSR count). The fourth-order valence-electron chi connectivity index (χ4n) is 1.36. The van der Waals surface area contributed by atoms with Crippen LogP contribution in [0, 0.1) is 5.41 Å². The van der Waals surface area contributed by atoms with E-state index >= 15 is 0 Å². The van der Waals surface area contributed by atoms with E-state index < -0.39 is 10.9 Å². The van der Waals surface area contributed by atoms with Crippen LogP contribution < -0.4 is 21.5 Å². The van der Waals surface area contributed by atoms with Crippen LogP contribution in [0.1, 0.15) is 27.2 Å². The van der Waals surface area contributed by atoms with Gasteiger partial charge in [-0.1, -0.05) is 20.8 Å². The lowest BCUT2D eigenvalue weighted by molar-refractivity contribution is 0.389. The third-order valence-electron chi connectivity index (χ3n) is 2.34. The SMILES string of the molecule is CNc1c(NCCC(C)(C)C)c(=O)c1=O. The highest BCUT2D eigenvalue weighted by Crippen LogP contribution is 2.19. The van der Waals surface area contributed by atoms with E-state index in [-0.39, 0.29) is 5.41 Å². The predicted octanol–water partition coefficient (Wildman–Crippen LogP) is 1.17. The van der Waals surface area contributed by atoms with Crippen molar-refractivity contribution >= 4 is 11.4 Å². The van der Waals surface area contributed by atoms with Gasteiger partial charge in [0.05, 0.1) is 0 Å². The maximum absolute atomic E-state index is 11.2. The van der Waals surface area contributed by atoms with Crippen molar-refractivity contribution in [3.8, 4) is 0 Å². The second-order valence-corrected chi connectivity index (χ2v) is 4.90. The smallest absolute Gasteiger partial charge is 0.253 e. The van der Waals surface area contributed by atoms with Crippen LogP contribution in [0.25, 0.3) is 0 Å². The Morgan fingerprint density at radius 2 is 1.60 bits per heavy atom. The second-order valence-electron chi connectivity index (χ2n) is 4.90. The van der Waals surface area contributed by atoms with Gasteiger partial charge in [-0.15, -0.1) is 0 Å². The van der Waals surface area contributed by atoms with Crippen molar-refractivity contribution in [1.82, 2.24) is 0 Å². The summed E-state index contributed by atoms with van der Waals surface area (Å²) in [5.74, 6) is 0. The van der Waals surface area contributed by atoms with E-state index in [9.17, 15) is 9.59 Å². The van der Waals surface area contributed by atoms with Crippen molar-refractivity contribution in [3.63, 3.8) is 0 Å². The first-order chi connectivity index (χ1) is 6.87. The standard InChI is InChI=1S/C11H18N2O2/c1-11(2,3)5-6-13-8-7(12-4)9(14)10(8)15/h12-13H,5-6H2,1-4H3. The Labute approximate surface area is 89.4 Å². The zero-order valence-corrected chi connectivity index (χ0v) is 9.73. The van der Waals surface area contributed by atoms with Gasteiger partial charge in [-0.2, -0.15) is 0 Å². The zero-order valence-electron chi connectivity index (χ0n) is 9.73. The maximum Gasteiger partial charge on any atom is 0.253 e. The highest BCUT2D eigenvalue weighted by atomic mass is 16.2. The fourth-order valence-corrected chi connectivity index (χ4v) is 1.36. The van der Waals surface area contributed by atoms with Crippen LogP contribution >= 0.6 is 0 Å². The summed E-state index contributed by atoms with van der Waals surface area (Å²) in [6.45, 7) is 7.12. The van der Waals surface area contributed by atoms with Crippen molar-refractivity contribution in [3.05, 3.63) is 20.4 Å². The van der Waals surface area contributed by atoms with E-state index in [1.54, 1.807) is 7.05 Å². The molecule has 1 aromatic rings. The Morgan fingerprint density at radius 1 is 1.07 bits per heavy atom. The molecule has 15 heavy (non-hydrogen) atoms. The molecule has 0 saturated carbocycles. The largest absolute Gasteiger partial charge is 0.383 e. The molecule has 0 bridgehead atoms. The van der Waals surface area contributed by atoms with E-state index in [0.29, 0.717) is 17.9 Å². The molecule has 0 unspecified atom stereocenters. The van der Waals surface area contributed by atoms with Crippen LogP contribution in [0.5, 0.6) is 0 Å². The summed E-state index contributed by atoms with van der Waals surface area (Å²) in [7, 11) is 1.64. The summed E-state index contributed by atoms with van der Waals surface area (Å²) < 4.78 is 0. The van der Waals surface area contributed by atoms with E-state index in [0.717, 1.165) is 6.42 Å². The molecular weight excluding hydrogens is 192 g/mol. The lowest BCUT2D eigenvalue weighted by Gasteiger charge is -2.19. The van der Waals surface area contributed by atoms with Gasteiger partial charge in [0.25, 0.3) is 10.9 Å². The molecule has 4 heteroatoms. The molecular formula is C11H18N2O2. The Morgan fingerprint density at radius 3 is 2.07 bits per heavy atom. The molecule has 0 aromatic heterocycles. The van der Waals surface area contributed by atoms with Crippen molar-refractivity contribution in [2.45, 2.75) is 27.2 Å². The maximum atomic E-state index is 11.2. The molecule has 0 aliphatic rings. The minimum Gasteiger partial charge on any atom is -0.383 e. The number of rotatable bonds is 4. The number of hydrogen-bond acceptors (Lipinski definition) is 4. The van der Waals surface area contributed by atoms with Gasteiger partial charge in [0.2, 0.25) is 0 Å². The number of anilines is 2. The fraction of sp³-hybridized carbons (Fsp3) is 0.636. The Kier molecular flexibility index (Phi) is 3.17. The number of hydrogen-bond donors (Lipinski definition) is 2. The first-order valence-corrected chi connectivity index (χ1v) is 5.12.